The second kappa shape index (κ2) is 10.9. The number of anilines is 1. The van der Waals surface area contributed by atoms with Crippen LogP contribution >= 0.6 is 23.4 Å². The highest BCUT2D eigenvalue weighted by molar-refractivity contribution is 7.98. The van der Waals surface area contributed by atoms with Crippen LogP contribution in [0.15, 0.2) is 41.4 Å². The van der Waals surface area contributed by atoms with Crippen LogP contribution < -0.4 is 10.2 Å². The molecule has 0 unspecified atom stereocenters. The van der Waals surface area contributed by atoms with Gasteiger partial charge in [0.2, 0.25) is 0 Å². The van der Waals surface area contributed by atoms with Crippen LogP contribution in [-0.2, 0) is 16.7 Å². The van der Waals surface area contributed by atoms with Gasteiger partial charge in [-0.25, -0.2) is 4.98 Å². The highest BCUT2D eigenvalue weighted by Gasteiger charge is 2.35. The van der Waals surface area contributed by atoms with Crippen molar-refractivity contribution >= 4 is 35.1 Å². The zero-order valence-corrected chi connectivity index (χ0v) is 18.1. The van der Waals surface area contributed by atoms with E-state index < -0.39 is 17.7 Å². The average Bonchev–Trinajstić information content (AvgIpc) is 2.66. The van der Waals surface area contributed by atoms with Gasteiger partial charge in [0.1, 0.15) is 10.8 Å². The van der Waals surface area contributed by atoms with Crippen LogP contribution in [-0.4, -0.2) is 41.7 Å². The van der Waals surface area contributed by atoms with E-state index in [2.05, 4.69) is 10.3 Å². The summed E-state index contributed by atoms with van der Waals surface area (Å²) in [4.78, 5) is 15.4. The molecule has 2 aromatic rings. The van der Waals surface area contributed by atoms with Gasteiger partial charge in [-0.3, -0.25) is 4.79 Å². The van der Waals surface area contributed by atoms with Crippen molar-refractivity contribution in [3.05, 3.63) is 52.5 Å². The SMILES string of the molecule is CC(=O)O.C[C@@H]1CN(c2ccc(C(F)(F)F)c(SCc3ccccc3Cl)n2)CCN1. The first-order valence-electron chi connectivity index (χ1n) is 9.20. The summed E-state index contributed by atoms with van der Waals surface area (Å²) in [5, 5.41) is 11.3. The molecule has 0 radical (unpaired) electrons. The van der Waals surface area contributed by atoms with E-state index in [-0.39, 0.29) is 11.1 Å². The van der Waals surface area contributed by atoms with Gasteiger partial charge in [0, 0.05) is 43.4 Å². The van der Waals surface area contributed by atoms with Crippen LogP contribution in [0.5, 0.6) is 0 Å². The molecule has 0 saturated carbocycles. The first-order chi connectivity index (χ1) is 14.1. The van der Waals surface area contributed by atoms with Crippen molar-refractivity contribution in [3.8, 4) is 0 Å². The first-order valence-corrected chi connectivity index (χ1v) is 10.6. The number of nitrogens with zero attached hydrogens (tertiary/aromatic N) is 2. The summed E-state index contributed by atoms with van der Waals surface area (Å²) in [6, 6.07) is 10.0. The predicted octanol–water partition coefficient (Wildman–Crippen LogP) is 4.94. The van der Waals surface area contributed by atoms with Gasteiger partial charge in [-0.1, -0.05) is 29.8 Å². The number of nitrogens with one attached hydrogen (secondary N) is 1. The number of hydrogen-bond acceptors (Lipinski definition) is 5. The van der Waals surface area contributed by atoms with E-state index in [0.717, 1.165) is 43.4 Å². The summed E-state index contributed by atoms with van der Waals surface area (Å²) in [5.41, 5.74) is 0.0803. The Morgan fingerprint density at radius 1 is 1.33 bits per heavy atom. The van der Waals surface area contributed by atoms with Crippen molar-refractivity contribution < 1.29 is 23.1 Å². The highest BCUT2D eigenvalue weighted by Crippen LogP contribution is 2.38. The van der Waals surface area contributed by atoms with Gasteiger partial charge in [0.15, 0.2) is 0 Å². The van der Waals surface area contributed by atoms with E-state index in [1.54, 1.807) is 12.1 Å². The molecule has 10 heteroatoms. The van der Waals surface area contributed by atoms with Crippen LogP contribution in [0.25, 0.3) is 0 Å². The van der Waals surface area contributed by atoms with Gasteiger partial charge < -0.3 is 15.3 Å². The maximum atomic E-state index is 13.4. The van der Waals surface area contributed by atoms with Crippen LogP contribution in [0.2, 0.25) is 5.02 Å². The molecule has 1 aliphatic heterocycles. The Kier molecular flexibility index (Phi) is 8.81. The topological polar surface area (TPSA) is 65.5 Å². The Balaban J connectivity index is 0.000000735. The van der Waals surface area contributed by atoms with E-state index in [4.69, 9.17) is 21.5 Å². The minimum Gasteiger partial charge on any atom is -0.481 e. The van der Waals surface area contributed by atoms with Crippen LogP contribution in [0.4, 0.5) is 19.0 Å². The van der Waals surface area contributed by atoms with Crippen molar-refractivity contribution in [1.29, 1.82) is 0 Å². The fourth-order valence-electron chi connectivity index (χ4n) is 2.83. The highest BCUT2D eigenvalue weighted by atomic mass is 35.5. The van der Waals surface area contributed by atoms with Gasteiger partial charge in [-0.05, 0) is 30.7 Å². The monoisotopic (exact) mass is 461 g/mol. The summed E-state index contributed by atoms with van der Waals surface area (Å²) in [6.07, 6.45) is -4.44. The minimum atomic E-state index is -4.44. The Morgan fingerprint density at radius 2 is 2.00 bits per heavy atom. The lowest BCUT2D eigenvalue weighted by atomic mass is 10.2. The van der Waals surface area contributed by atoms with Crippen LogP contribution in [0, 0.1) is 0 Å². The molecule has 3 rings (SSSR count). The zero-order valence-electron chi connectivity index (χ0n) is 16.5. The lowest BCUT2D eigenvalue weighted by molar-refractivity contribution is -0.140. The number of hydrogen-bond donors (Lipinski definition) is 2. The second-order valence-corrected chi connectivity index (χ2v) is 8.09. The Hall–Kier alpha value is -1.97. The summed E-state index contributed by atoms with van der Waals surface area (Å²) in [5.74, 6) is 0.0740. The number of aromatic nitrogens is 1. The molecule has 30 heavy (non-hydrogen) atoms. The van der Waals surface area contributed by atoms with Crippen LogP contribution in [0.1, 0.15) is 25.0 Å². The lowest BCUT2D eigenvalue weighted by Crippen LogP contribution is -2.49. The quantitative estimate of drug-likeness (QED) is 0.629. The molecule has 1 saturated heterocycles. The number of pyridine rings is 1. The van der Waals surface area contributed by atoms with Crippen molar-refractivity contribution in [1.82, 2.24) is 10.3 Å². The van der Waals surface area contributed by atoms with E-state index in [0.29, 0.717) is 23.1 Å². The van der Waals surface area contributed by atoms with Gasteiger partial charge in [-0.2, -0.15) is 13.2 Å². The van der Waals surface area contributed by atoms with Gasteiger partial charge >= 0.3 is 6.18 Å². The molecule has 1 fully saturated rings. The van der Waals surface area contributed by atoms with Crippen molar-refractivity contribution in [2.75, 3.05) is 24.5 Å². The third kappa shape index (κ3) is 7.37. The number of alkyl halides is 3. The largest absolute Gasteiger partial charge is 0.481 e. The molecule has 1 atom stereocenters. The number of rotatable bonds is 4. The van der Waals surface area contributed by atoms with Crippen molar-refractivity contribution in [2.45, 2.75) is 36.8 Å². The fraction of sp³-hybridized carbons (Fsp3) is 0.400. The van der Waals surface area contributed by atoms with Gasteiger partial charge in [0.25, 0.3) is 5.97 Å². The van der Waals surface area contributed by atoms with Crippen molar-refractivity contribution in [2.24, 2.45) is 0 Å². The number of thioether (sulfide) groups is 1. The third-order valence-electron chi connectivity index (χ3n) is 4.17. The summed E-state index contributed by atoms with van der Waals surface area (Å²) >= 11 is 7.18. The van der Waals surface area contributed by atoms with E-state index in [1.165, 1.54) is 6.07 Å². The number of piperazine rings is 1. The standard InChI is InChI=1S/C18H19ClF3N3S.C2H4O2/c1-12-10-25(9-8-23-12)16-7-6-14(18(20,21)22)17(24-16)26-11-13-4-2-3-5-15(13)19;1-2(3)4/h2-7,12,23H,8-11H2,1H3;1H3,(H,3,4)/t12-;/m1./s1. The minimum absolute atomic E-state index is 0.0129. The number of benzene rings is 1. The van der Waals surface area contributed by atoms with E-state index in [9.17, 15) is 13.2 Å². The molecule has 2 heterocycles. The molecule has 1 aliphatic rings. The molecule has 0 spiro atoms. The second-order valence-electron chi connectivity index (χ2n) is 6.72. The van der Waals surface area contributed by atoms with E-state index in [1.807, 2.05) is 24.0 Å². The Morgan fingerprint density at radius 3 is 2.60 bits per heavy atom. The molecule has 0 bridgehead atoms. The fourth-order valence-corrected chi connectivity index (χ4v) is 4.16. The van der Waals surface area contributed by atoms with Crippen LogP contribution in [0.3, 0.4) is 0 Å². The zero-order chi connectivity index (χ0) is 22.3. The maximum Gasteiger partial charge on any atom is 0.419 e. The maximum absolute atomic E-state index is 13.4. The first kappa shape index (κ1) is 24.3. The number of carboxylic acids is 1. The molecular weight excluding hydrogens is 439 g/mol. The molecule has 0 amide bonds. The number of aliphatic carboxylic acids is 1. The average molecular weight is 462 g/mol. The third-order valence-corrected chi connectivity index (χ3v) is 5.57. The number of carboxylic acid groups (broad SMARTS) is 1. The normalized spacial score (nSPS) is 16.6. The number of carbonyl (C=O) groups is 1. The molecule has 1 aromatic carbocycles. The molecular formula is C20H23ClF3N3O2S. The summed E-state index contributed by atoms with van der Waals surface area (Å²) in [7, 11) is 0. The Labute approximate surface area is 182 Å². The van der Waals surface area contributed by atoms with Gasteiger partial charge in [-0.15, -0.1) is 11.8 Å². The molecule has 5 nitrogen and oxygen atoms in total. The molecule has 164 valence electrons. The molecule has 2 N–H and O–H groups in total. The van der Waals surface area contributed by atoms with Gasteiger partial charge in [0.05, 0.1) is 5.56 Å². The molecule has 0 aliphatic carbocycles. The Bertz CT molecular complexity index is 863. The van der Waals surface area contributed by atoms with E-state index >= 15 is 0 Å². The number of halogens is 4. The molecule has 1 aromatic heterocycles. The van der Waals surface area contributed by atoms with Crippen molar-refractivity contribution in [3.63, 3.8) is 0 Å². The lowest BCUT2D eigenvalue weighted by Gasteiger charge is -2.33. The summed E-state index contributed by atoms with van der Waals surface area (Å²) < 4.78 is 40.2. The predicted molar refractivity (Wildman–Crippen MR) is 113 cm³/mol. The summed E-state index contributed by atoms with van der Waals surface area (Å²) in [6.45, 7) is 5.35. The smallest absolute Gasteiger partial charge is 0.419 e.